The van der Waals surface area contributed by atoms with Gasteiger partial charge in [-0.2, -0.15) is 0 Å². The second-order valence-corrected chi connectivity index (χ2v) is 8.06. The highest BCUT2D eigenvalue weighted by atomic mass is 16.5. The van der Waals surface area contributed by atoms with Crippen LogP contribution < -0.4 is 15.2 Å². The standard InChI is InChI=1S/C23H33NO4/c1-15(2)8-6-9-16(3)10-7-11-23(4)21(25)14-18-19(27-5)12-17(22(24)26)13-20(18)28-23/h8,10,12-13,21,25H,6-7,9,11,14H2,1-5H3,(H2,24,26)/b16-10+/t21-,23+/m0/s1. The predicted octanol–water partition coefficient (Wildman–Crippen LogP) is 4.32. The number of carbonyl (C=O) groups excluding carboxylic acids is 1. The van der Waals surface area contributed by atoms with Crippen LogP contribution >= 0.6 is 0 Å². The van der Waals surface area contributed by atoms with E-state index in [9.17, 15) is 9.90 Å². The monoisotopic (exact) mass is 387 g/mol. The fourth-order valence-electron chi connectivity index (χ4n) is 3.48. The average molecular weight is 388 g/mol. The Balaban J connectivity index is 2.12. The van der Waals surface area contributed by atoms with Crippen molar-refractivity contribution in [3.8, 4) is 11.5 Å². The number of ether oxygens (including phenoxy) is 2. The number of allylic oxidation sites excluding steroid dienone is 4. The van der Waals surface area contributed by atoms with Crippen molar-refractivity contribution in [2.75, 3.05) is 7.11 Å². The summed E-state index contributed by atoms with van der Waals surface area (Å²) in [5.74, 6) is 0.542. The van der Waals surface area contributed by atoms with Crippen LogP contribution in [-0.4, -0.2) is 29.8 Å². The van der Waals surface area contributed by atoms with E-state index in [1.165, 1.54) is 18.3 Å². The lowest BCUT2D eigenvalue weighted by atomic mass is 9.85. The van der Waals surface area contributed by atoms with Gasteiger partial charge in [-0.05, 0) is 65.5 Å². The van der Waals surface area contributed by atoms with E-state index in [4.69, 9.17) is 15.2 Å². The van der Waals surface area contributed by atoms with Crippen LogP contribution in [0.3, 0.4) is 0 Å². The molecule has 0 fully saturated rings. The first-order chi connectivity index (χ1) is 13.2. The van der Waals surface area contributed by atoms with Gasteiger partial charge in [-0.25, -0.2) is 0 Å². The number of aliphatic hydroxyl groups excluding tert-OH is 1. The number of amides is 1. The molecule has 0 aliphatic carbocycles. The van der Waals surface area contributed by atoms with Crippen LogP contribution in [0.1, 0.15) is 69.3 Å². The summed E-state index contributed by atoms with van der Waals surface area (Å²) in [7, 11) is 1.53. The molecule has 0 radical (unpaired) electrons. The molecule has 0 unspecified atom stereocenters. The van der Waals surface area contributed by atoms with Gasteiger partial charge in [-0.3, -0.25) is 4.79 Å². The topological polar surface area (TPSA) is 81.8 Å². The highest BCUT2D eigenvalue weighted by Crippen LogP contribution is 2.41. The van der Waals surface area contributed by atoms with Crippen LogP contribution in [0.2, 0.25) is 0 Å². The van der Waals surface area contributed by atoms with Crippen molar-refractivity contribution < 1.29 is 19.4 Å². The number of hydrogen-bond acceptors (Lipinski definition) is 4. The number of nitrogens with two attached hydrogens (primary N) is 1. The van der Waals surface area contributed by atoms with E-state index in [-0.39, 0.29) is 0 Å². The number of aliphatic hydroxyl groups is 1. The zero-order valence-corrected chi connectivity index (χ0v) is 17.7. The molecule has 0 saturated heterocycles. The van der Waals surface area contributed by atoms with Gasteiger partial charge in [0.25, 0.3) is 0 Å². The summed E-state index contributed by atoms with van der Waals surface area (Å²) in [6.45, 7) is 8.27. The van der Waals surface area contributed by atoms with E-state index in [0.29, 0.717) is 29.9 Å². The molecule has 0 aromatic heterocycles. The second-order valence-electron chi connectivity index (χ2n) is 8.06. The smallest absolute Gasteiger partial charge is 0.248 e. The summed E-state index contributed by atoms with van der Waals surface area (Å²) in [5.41, 5.74) is 8.48. The summed E-state index contributed by atoms with van der Waals surface area (Å²) in [4.78, 5) is 11.6. The Kier molecular flexibility index (Phi) is 7.30. The van der Waals surface area contributed by atoms with Crippen molar-refractivity contribution in [2.24, 2.45) is 5.73 Å². The van der Waals surface area contributed by atoms with Crippen molar-refractivity contribution in [1.29, 1.82) is 0 Å². The molecule has 2 atom stereocenters. The van der Waals surface area contributed by atoms with Gasteiger partial charge in [-0.1, -0.05) is 23.3 Å². The first-order valence-corrected chi connectivity index (χ1v) is 9.83. The van der Waals surface area contributed by atoms with E-state index < -0.39 is 17.6 Å². The summed E-state index contributed by atoms with van der Waals surface area (Å²) in [6, 6.07) is 3.24. The quantitative estimate of drug-likeness (QED) is 0.651. The Morgan fingerprint density at radius 2 is 2.04 bits per heavy atom. The predicted molar refractivity (Wildman–Crippen MR) is 112 cm³/mol. The maximum absolute atomic E-state index is 11.6. The zero-order valence-electron chi connectivity index (χ0n) is 17.7. The molecule has 1 aromatic carbocycles. The Hall–Kier alpha value is -2.27. The summed E-state index contributed by atoms with van der Waals surface area (Å²) < 4.78 is 11.6. The maximum atomic E-state index is 11.6. The van der Waals surface area contributed by atoms with Gasteiger partial charge < -0.3 is 20.3 Å². The molecule has 5 nitrogen and oxygen atoms in total. The second kappa shape index (κ2) is 9.28. The molecule has 5 heteroatoms. The van der Waals surface area contributed by atoms with E-state index >= 15 is 0 Å². The lowest BCUT2D eigenvalue weighted by Gasteiger charge is -2.40. The van der Waals surface area contributed by atoms with Crippen molar-refractivity contribution in [2.45, 2.75) is 71.5 Å². The molecule has 0 saturated carbocycles. The summed E-state index contributed by atoms with van der Waals surface area (Å²) >= 11 is 0. The molecule has 2 rings (SSSR count). The van der Waals surface area contributed by atoms with Crippen LogP contribution in [0.4, 0.5) is 0 Å². The van der Waals surface area contributed by atoms with Gasteiger partial charge in [0.15, 0.2) is 0 Å². The average Bonchev–Trinajstić information content (AvgIpc) is 2.61. The minimum Gasteiger partial charge on any atom is -0.496 e. The molecule has 1 heterocycles. The molecule has 154 valence electrons. The number of hydrogen-bond donors (Lipinski definition) is 2. The van der Waals surface area contributed by atoms with Crippen LogP contribution in [0.5, 0.6) is 11.5 Å². The van der Waals surface area contributed by atoms with Gasteiger partial charge in [0.1, 0.15) is 17.1 Å². The fraction of sp³-hybridized carbons (Fsp3) is 0.522. The fourth-order valence-corrected chi connectivity index (χ4v) is 3.48. The van der Waals surface area contributed by atoms with Gasteiger partial charge in [0.05, 0.1) is 13.2 Å². The number of rotatable bonds is 8. The van der Waals surface area contributed by atoms with Gasteiger partial charge in [0.2, 0.25) is 5.91 Å². The maximum Gasteiger partial charge on any atom is 0.248 e. The minimum atomic E-state index is -0.731. The van der Waals surface area contributed by atoms with Crippen LogP contribution in [0.15, 0.2) is 35.4 Å². The van der Waals surface area contributed by atoms with Crippen LogP contribution in [0, 0.1) is 0 Å². The number of methoxy groups -OCH3 is 1. The molecule has 1 aromatic rings. The van der Waals surface area contributed by atoms with Crippen LogP contribution in [-0.2, 0) is 6.42 Å². The van der Waals surface area contributed by atoms with E-state index in [2.05, 4.69) is 32.9 Å². The van der Waals surface area contributed by atoms with Crippen molar-refractivity contribution in [1.82, 2.24) is 0 Å². The molecule has 28 heavy (non-hydrogen) atoms. The minimum absolute atomic E-state index is 0.337. The van der Waals surface area contributed by atoms with E-state index in [1.807, 2.05) is 6.92 Å². The molecular formula is C23H33NO4. The van der Waals surface area contributed by atoms with Crippen molar-refractivity contribution in [3.05, 3.63) is 46.6 Å². The lowest BCUT2D eigenvalue weighted by molar-refractivity contribution is -0.0592. The molecular weight excluding hydrogens is 354 g/mol. The van der Waals surface area contributed by atoms with Gasteiger partial charge >= 0.3 is 0 Å². The van der Waals surface area contributed by atoms with E-state index in [1.54, 1.807) is 12.1 Å². The summed E-state index contributed by atoms with van der Waals surface area (Å²) in [6.07, 6.45) is 7.79. The third kappa shape index (κ3) is 5.38. The molecule has 1 aliphatic heterocycles. The molecule has 1 amide bonds. The Labute approximate surface area is 168 Å². The Bertz CT molecular complexity index is 777. The van der Waals surface area contributed by atoms with Crippen molar-refractivity contribution in [3.63, 3.8) is 0 Å². The Morgan fingerprint density at radius 3 is 2.64 bits per heavy atom. The number of benzene rings is 1. The van der Waals surface area contributed by atoms with Gasteiger partial charge in [-0.15, -0.1) is 0 Å². The van der Waals surface area contributed by atoms with E-state index in [0.717, 1.165) is 24.8 Å². The largest absolute Gasteiger partial charge is 0.496 e. The number of primary amides is 1. The van der Waals surface area contributed by atoms with Crippen molar-refractivity contribution >= 4 is 5.91 Å². The third-order valence-corrected chi connectivity index (χ3v) is 5.34. The first kappa shape index (κ1) is 22.0. The lowest BCUT2D eigenvalue weighted by Crippen LogP contribution is -2.49. The highest BCUT2D eigenvalue weighted by molar-refractivity contribution is 5.94. The van der Waals surface area contributed by atoms with Gasteiger partial charge in [0, 0.05) is 17.5 Å². The molecule has 0 bridgehead atoms. The zero-order chi connectivity index (χ0) is 20.9. The highest BCUT2D eigenvalue weighted by Gasteiger charge is 2.40. The third-order valence-electron chi connectivity index (χ3n) is 5.34. The SMILES string of the molecule is COc1cc(C(N)=O)cc2c1C[C@H](O)[C@@](C)(CC/C=C(\C)CCC=C(C)C)O2. The number of fused-ring (bicyclic) bond motifs is 1. The first-order valence-electron chi connectivity index (χ1n) is 9.83. The Morgan fingerprint density at radius 1 is 1.32 bits per heavy atom. The molecule has 1 aliphatic rings. The molecule has 0 spiro atoms. The summed E-state index contributed by atoms with van der Waals surface area (Å²) in [5, 5.41) is 10.7. The number of carbonyl (C=O) groups is 1. The molecule has 3 N–H and O–H groups in total. The van der Waals surface area contributed by atoms with Crippen LogP contribution in [0.25, 0.3) is 0 Å². The normalized spacial score (nSPS) is 21.5.